The molecular formula is C22H25N3O2S. The van der Waals surface area contributed by atoms with Gasteiger partial charge >= 0.3 is 0 Å². The minimum absolute atomic E-state index is 0.0364. The maximum Gasteiger partial charge on any atom is 0.228 e. The van der Waals surface area contributed by atoms with Crippen molar-refractivity contribution in [3.8, 4) is 5.75 Å². The van der Waals surface area contributed by atoms with Gasteiger partial charge in [0.25, 0.3) is 0 Å². The zero-order valence-electron chi connectivity index (χ0n) is 16.0. The lowest BCUT2D eigenvalue weighted by Gasteiger charge is -2.13. The largest absolute Gasteiger partial charge is 0.492 e. The molecule has 0 saturated carbocycles. The molecule has 1 heterocycles. The molecule has 0 aliphatic carbocycles. The predicted molar refractivity (Wildman–Crippen MR) is 115 cm³/mol. The molecule has 5 nitrogen and oxygen atoms in total. The summed E-state index contributed by atoms with van der Waals surface area (Å²) in [6.45, 7) is 3.27. The van der Waals surface area contributed by atoms with Crippen molar-refractivity contribution in [1.82, 2.24) is 9.55 Å². The van der Waals surface area contributed by atoms with Crippen LogP contribution in [0.1, 0.15) is 12.5 Å². The van der Waals surface area contributed by atoms with E-state index in [1.54, 1.807) is 24.3 Å². The van der Waals surface area contributed by atoms with Crippen molar-refractivity contribution in [1.29, 1.82) is 0 Å². The van der Waals surface area contributed by atoms with Crippen molar-refractivity contribution in [3.63, 3.8) is 0 Å². The van der Waals surface area contributed by atoms with Gasteiger partial charge in [0.05, 0.1) is 12.9 Å². The highest BCUT2D eigenvalue weighted by atomic mass is 32.2. The molecule has 146 valence electrons. The number of benzene rings is 2. The van der Waals surface area contributed by atoms with Gasteiger partial charge in [-0.1, -0.05) is 37.3 Å². The standard InChI is InChI=1S/C22H25N3O2S/c1-18(15-28-16-19-5-3-2-4-6-19)22(26)24-20-7-9-21(10-8-20)27-14-13-25-12-11-23-17-25/h2-12,17-18H,13-16H2,1H3,(H,24,26). The number of hydrogen-bond acceptors (Lipinski definition) is 4. The zero-order chi connectivity index (χ0) is 19.6. The number of imidazole rings is 1. The van der Waals surface area contributed by atoms with E-state index in [0.717, 1.165) is 29.5 Å². The van der Waals surface area contributed by atoms with Crippen molar-refractivity contribution in [2.45, 2.75) is 19.2 Å². The predicted octanol–water partition coefficient (Wildman–Crippen LogP) is 4.47. The number of hydrogen-bond donors (Lipinski definition) is 1. The molecule has 1 atom stereocenters. The van der Waals surface area contributed by atoms with Crippen molar-refractivity contribution in [3.05, 3.63) is 78.9 Å². The van der Waals surface area contributed by atoms with Gasteiger partial charge in [0, 0.05) is 35.5 Å². The van der Waals surface area contributed by atoms with Crippen LogP contribution in [0.25, 0.3) is 0 Å². The molecule has 0 fully saturated rings. The Bertz CT molecular complexity index is 836. The Morgan fingerprint density at radius 3 is 2.68 bits per heavy atom. The van der Waals surface area contributed by atoms with Gasteiger partial charge in [-0.15, -0.1) is 0 Å². The van der Waals surface area contributed by atoms with E-state index in [2.05, 4.69) is 22.4 Å². The van der Waals surface area contributed by atoms with Gasteiger partial charge < -0.3 is 14.6 Å². The average Bonchev–Trinajstić information content (AvgIpc) is 3.23. The highest BCUT2D eigenvalue weighted by Gasteiger charge is 2.13. The molecule has 0 bridgehead atoms. The second kappa shape index (κ2) is 10.6. The van der Waals surface area contributed by atoms with Crippen molar-refractivity contribution < 1.29 is 9.53 Å². The molecule has 0 aliphatic heterocycles. The molecule has 2 aromatic carbocycles. The number of nitrogens with one attached hydrogen (secondary N) is 1. The maximum absolute atomic E-state index is 12.4. The third-order valence-electron chi connectivity index (χ3n) is 4.23. The fourth-order valence-corrected chi connectivity index (χ4v) is 3.64. The van der Waals surface area contributed by atoms with Gasteiger partial charge in [-0.05, 0) is 29.8 Å². The summed E-state index contributed by atoms with van der Waals surface area (Å²) in [6.07, 6.45) is 5.42. The number of ether oxygens (including phenoxy) is 1. The van der Waals surface area contributed by atoms with Gasteiger partial charge in [0.2, 0.25) is 5.91 Å². The Labute approximate surface area is 170 Å². The topological polar surface area (TPSA) is 56.1 Å². The first kappa shape index (κ1) is 20.0. The van der Waals surface area contributed by atoms with Crippen LogP contribution in [-0.2, 0) is 17.1 Å². The summed E-state index contributed by atoms with van der Waals surface area (Å²) in [5.41, 5.74) is 2.07. The van der Waals surface area contributed by atoms with E-state index in [9.17, 15) is 4.79 Å². The fraction of sp³-hybridized carbons (Fsp3) is 0.273. The molecule has 0 spiro atoms. The van der Waals surface area contributed by atoms with Crippen molar-refractivity contribution in [2.75, 3.05) is 17.7 Å². The molecular weight excluding hydrogens is 370 g/mol. The van der Waals surface area contributed by atoms with Gasteiger partial charge in [0.15, 0.2) is 0 Å². The lowest BCUT2D eigenvalue weighted by molar-refractivity contribution is -0.118. The Morgan fingerprint density at radius 2 is 1.96 bits per heavy atom. The minimum Gasteiger partial charge on any atom is -0.492 e. The van der Waals surface area contributed by atoms with E-state index in [1.165, 1.54) is 5.56 Å². The minimum atomic E-state index is -0.0557. The van der Waals surface area contributed by atoms with E-state index in [-0.39, 0.29) is 11.8 Å². The van der Waals surface area contributed by atoms with Gasteiger partial charge in [-0.3, -0.25) is 4.79 Å². The fourth-order valence-electron chi connectivity index (χ4n) is 2.59. The summed E-state index contributed by atoms with van der Waals surface area (Å²) in [5, 5.41) is 2.98. The summed E-state index contributed by atoms with van der Waals surface area (Å²) < 4.78 is 7.68. The number of anilines is 1. The number of aromatic nitrogens is 2. The monoisotopic (exact) mass is 395 g/mol. The van der Waals surface area contributed by atoms with E-state index in [4.69, 9.17) is 4.74 Å². The van der Waals surface area contributed by atoms with Crippen LogP contribution >= 0.6 is 11.8 Å². The molecule has 1 amide bonds. The SMILES string of the molecule is CC(CSCc1ccccc1)C(=O)Nc1ccc(OCCn2ccnc2)cc1. The van der Waals surface area contributed by atoms with Crippen LogP contribution in [0.5, 0.6) is 5.75 Å². The molecule has 1 aromatic heterocycles. The van der Waals surface area contributed by atoms with E-state index in [1.807, 2.05) is 60.2 Å². The van der Waals surface area contributed by atoms with Crippen LogP contribution in [0, 0.1) is 5.92 Å². The molecule has 28 heavy (non-hydrogen) atoms. The maximum atomic E-state index is 12.4. The molecule has 3 aromatic rings. The number of rotatable bonds is 10. The molecule has 1 unspecified atom stereocenters. The number of amides is 1. The summed E-state index contributed by atoms with van der Waals surface area (Å²) in [7, 11) is 0. The van der Waals surface area contributed by atoms with Crippen LogP contribution in [-0.4, -0.2) is 27.8 Å². The molecule has 1 N–H and O–H groups in total. The molecule has 0 radical (unpaired) electrons. The highest BCUT2D eigenvalue weighted by Crippen LogP contribution is 2.19. The summed E-state index contributed by atoms with van der Waals surface area (Å²) in [6, 6.07) is 17.8. The lowest BCUT2D eigenvalue weighted by atomic mass is 10.2. The first-order chi connectivity index (χ1) is 13.7. The van der Waals surface area contributed by atoms with Crippen LogP contribution < -0.4 is 10.1 Å². The Hall–Kier alpha value is -2.73. The van der Waals surface area contributed by atoms with Gasteiger partial charge in [0.1, 0.15) is 12.4 Å². The lowest BCUT2D eigenvalue weighted by Crippen LogP contribution is -2.22. The van der Waals surface area contributed by atoms with Crippen LogP contribution in [0.3, 0.4) is 0 Å². The Kier molecular flexibility index (Phi) is 7.55. The summed E-state index contributed by atoms with van der Waals surface area (Å²) >= 11 is 1.78. The second-order valence-electron chi connectivity index (χ2n) is 6.56. The zero-order valence-corrected chi connectivity index (χ0v) is 16.8. The molecule has 6 heteroatoms. The Balaban J connectivity index is 1.38. The van der Waals surface area contributed by atoms with Crippen LogP contribution in [0.15, 0.2) is 73.3 Å². The third-order valence-corrected chi connectivity index (χ3v) is 5.50. The van der Waals surface area contributed by atoms with E-state index < -0.39 is 0 Å². The van der Waals surface area contributed by atoms with Crippen LogP contribution in [0.4, 0.5) is 5.69 Å². The Morgan fingerprint density at radius 1 is 1.18 bits per heavy atom. The molecule has 0 aliphatic rings. The number of carbonyl (C=O) groups is 1. The second-order valence-corrected chi connectivity index (χ2v) is 7.59. The van der Waals surface area contributed by atoms with Crippen molar-refractivity contribution in [2.24, 2.45) is 5.92 Å². The highest BCUT2D eigenvalue weighted by molar-refractivity contribution is 7.98. The van der Waals surface area contributed by atoms with Crippen molar-refractivity contribution >= 4 is 23.4 Å². The third kappa shape index (κ3) is 6.46. The van der Waals surface area contributed by atoms with Gasteiger partial charge in [-0.2, -0.15) is 11.8 Å². The normalized spacial score (nSPS) is 11.8. The quantitative estimate of drug-likeness (QED) is 0.550. The number of nitrogens with zero attached hydrogens (tertiary/aromatic N) is 2. The van der Waals surface area contributed by atoms with E-state index >= 15 is 0 Å². The molecule has 0 saturated heterocycles. The average molecular weight is 396 g/mol. The summed E-state index contributed by atoms with van der Waals surface area (Å²) in [5.74, 6) is 2.47. The van der Waals surface area contributed by atoms with Gasteiger partial charge in [-0.25, -0.2) is 4.98 Å². The number of carbonyl (C=O) groups excluding carboxylic acids is 1. The first-order valence-electron chi connectivity index (χ1n) is 9.32. The first-order valence-corrected chi connectivity index (χ1v) is 10.5. The summed E-state index contributed by atoms with van der Waals surface area (Å²) in [4.78, 5) is 16.4. The molecule has 3 rings (SSSR count). The smallest absolute Gasteiger partial charge is 0.228 e. The van der Waals surface area contributed by atoms with E-state index in [0.29, 0.717) is 6.61 Å². The van der Waals surface area contributed by atoms with Crippen LogP contribution in [0.2, 0.25) is 0 Å². The number of thioether (sulfide) groups is 1.